The topological polar surface area (TPSA) is 210 Å². The monoisotopic (exact) mass is 576 g/mol. The lowest BCUT2D eigenvalue weighted by atomic mass is 10.1. The molecule has 4 atom stereocenters. The SMILES string of the molecule is NCCNC(=O)Cc1ccc(NC(=O)Cc2ccc(Nc3ncnc4c3ncn4[C@@H]3O[C@H](CO)C(O)C3O)cc2)cc1. The minimum atomic E-state index is -1.27. The van der Waals surface area contributed by atoms with E-state index in [1.165, 1.54) is 17.2 Å². The molecule has 4 aromatic rings. The summed E-state index contributed by atoms with van der Waals surface area (Å²) in [7, 11) is 0. The quantitative estimate of drug-likeness (QED) is 0.126. The Hall–Kier alpha value is -4.47. The van der Waals surface area contributed by atoms with E-state index in [9.17, 15) is 24.9 Å². The Morgan fingerprint density at radius 3 is 2.21 bits per heavy atom. The number of aromatic nitrogens is 4. The molecule has 2 unspecified atom stereocenters. The Morgan fingerprint density at radius 2 is 1.57 bits per heavy atom. The molecule has 0 saturated carbocycles. The van der Waals surface area contributed by atoms with Gasteiger partial charge in [-0.2, -0.15) is 0 Å². The van der Waals surface area contributed by atoms with Crippen LogP contribution >= 0.6 is 0 Å². The van der Waals surface area contributed by atoms with Gasteiger partial charge in [-0.3, -0.25) is 14.2 Å². The van der Waals surface area contributed by atoms with Crippen LogP contribution in [0.2, 0.25) is 0 Å². The zero-order chi connectivity index (χ0) is 29.6. The van der Waals surface area contributed by atoms with Crippen LogP contribution in [0.3, 0.4) is 0 Å². The third-order valence-corrected chi connectivity index (χ3v) is 6.80. The van der Waals surface area contributed by atoms with Crippen molar-refractivity contribution in [3.63, 3.8) is 0 Å². The maximum atomic E-state index is 12.6. The zero-order valence-corrected chi connectivity index (χ0v) is 22.6. The number of aliphatic hydroxyl groups excluding tert-OH is 3. The molecule has 220 valence electrons. The number of carbonyl (C=O) groups excluding carboxylic acids is 2. The molecule has 1 aliphatic heterocycles. The first-order valence-corrected chi connectivity index (χ1v) is 13.4. The number of fused-ring (bicyclic) bond motifs is 1. The van der Waals surface area contributed by atoms with Gasteiger partial charge in [0.25, 0.3) is 0 Å². The maximum Gasteiger partial charge on any atom is 0.228 e. The van der Waals surface area contributed by atoms with Crippen LogP contribution in [0.5, 0.6) is 0 Å². The number of nitrogens with zero attached hydrogens (tertiary/aromatic N) is 4. The number of nitrogens with two attached hydrogens (primary N) is 1. The number of ether oxygens (including phenoxy) is 1. The lowest BCUT2D eigenvalue weighted by Crippen LogP contribution is -2.33. The van der Waals surface area contributed by atoms with E-state index in [0.717, 1.165) is 11.1 Å². The third kappa shape index (κ3) is 6.53. The Kier molecular flexibility index (Phi) is 9.00. The number of hydrogen-bond acceptors (Lipinski definition) is 11. The summed E-state index contributed by atoms with van der Waals surface area (Å²) in [4.78, 5) is 37.3. The van der Waals surface area contributed by atoms with Crippen LogP contribution in [-0.2, 0) is 27.2 Å². The second-order valence-corrected chi connectivity index (χ2v) is 9.83. The maximum absolute atomic E-state index is 12.6. The summed E-state index contributed by atoms with van der Waals surface area (Å²) in [6.07, 6.45) is -1.23. The Morgan fingerprint density at radius 1 is 0.905 bits per heavy atom. The summed E-state index contributed by atoms with van der Waals surface area (Å²) >= 11 is 0. The smallest absolute Gasteiger partial charge is 0.228 e. The van der Waals surface area contributed by atoms with Crippen molar-refractivity contribution < 1.29 is 29.6 Å². The van der Waals surface area contributed by atoms with Crippen LogP contribution in [0.25, 0.3) is 11.2 Å². The minimum absolute atomic E-state index is 0.106. The normalized spacial score (nSPS) is 20.0. The molecule has 2 aromatic heterocycles. The minimum Gasteiger partial charge on any atom is -0.394 e. The van der Waals surface area contributed by atoms with Gasteiger partial charge in [-0.05, 0) is 35.4 Å². The van der Waals surface area contributed by atoms with E-state index in [0.29, 0.717) is 41.4 Å². The van der Waals surface area contributed by atoms with E-state index in [-0.39, 0.29) is 24.7 Å². The second kappa shape index (κ2) is 13.0. The highest BCUT2D eigenvalue weighted by Crippen LogP contribution is 2.32. The van der Waals surface area contributed by atoms with Gasteiger partial charge in [0.2, 0.25) is 11.8 Å². The van der Waals surface area contributed by atoms with Crippen molar-refractivity contribution in [2.75, 3.05) is 30.3 Å². The first-order valence-electron chi connectivity index (χ1n) is 13.4. The molecular weight excluding hydrogens is 544 g/mol. The Bertz CT molecular complexity index is 1530. The fraction of sp³-hybridized carbons (Fsp3) is 0.321. The number of benzene rings is 2. The van der Waals surface area contributed by atoms with Crippen LogP contribution < -0.4 is 21.7 Å². The van der Waals surface area contributed by atoms with Gasteiger partial charge in [0.05, 0.1) is 25.8 Å². The van der Waals surface area contributed by atoms with Crippen molar-refractivity contribution in [1.29, 1.82) is 0 Å². The molecule has 0 bridgehead atoms. The third-order valence-electron chi connectivity index (χ3n) is 6.80. The number of hydrogen-bond donors (Lipinski definition) is 7. The molecule has 0 radical (unpaired) electrons. The molecular formula is C28H32N8O6. The van der Waals surface area contributed by atoms with Crippen molar-refractivity contribution in [3.8, 4) is 0 Å². The summed E-state index contributed by atoms with van der Waals surface area (Å²) in [6.45, 7) is 0.379. The van der Waals surface area contributed by atoms with Crippen molar-refractivity contribution in [3.05, 3.63) is 72.3 Å². The average Bonchev–Trinajstić information content (AvgIpc) is 3.54. The number of anilines is 3. The fourth-order valence-electron chi connectivity index (χ4n) is 4.64. The van der Waals surface area contributed by atoms with Crippen LogP contribution in [0, 0.1) is 0 Å². The van der Waals surface area contributed by atoms with Gasteiger partial charge in [-0.15, -0.1) is 0 Å². The van der Waals surface area contributed by atoms with Gasteiger partial charge in [-0.25, -0.2) is 15.0 Å². The molecule has 14 heteroatoms. The highest BCUT2D eigenvalue weighted by molar-refractivity contribution is 5.92. The molecule has 3 heterocycles. The van der Waals surface area contributed by atoms with Crippen LogP contribution in [0.4, 0.5) is 17.2 Å². The predicted molar refractivity (Wildman–Crippen MR) is 153 cm³/mol. The van der Waals surface area contributed by atoms with Crippen LogP contribution in [0.1, 0.15) is 17.4 Å². The zero-order valence-electron chi connectivity index (χ0n) is 22.6. The molecule has 1 fully saturated rings. The molecule has 2 aromatic carbocycles. The Balaban J connectivity index is 1.18. The summed E-state index contributed by atoms with van der Waals surface area (Å²) in [6, 6.07) is 14.4. The van der Waals surface area contributed by atoms with Crippen LogP contribution in [-0.4, -0.2) is 84.7 Å². The van der Waals surface area contributed by atoms with Crippen molar-refractivity contribution in [1.82, 2.24) is 24.8 Å². The first-order chi connectivity index (χ1) is 20.4. The van der Waals surface area contributed by atoms with Gasteiger partial charge < -0.3 is 41.7 Å². The van der Waals surface area contributed by atoms with Crippen molar-refractivity contribution in [2.45, 2.75) is 37.4 Å². The van der Waals surface area contributed by atoms with Gasteiger partial charge in [0, 0.05) is 24.5 Å². The van der Waals surface area contributed by atoms with Gasteiger partial charge >= 0.3 is 0 Å². The number of nitrogens with one attached hydrogen (secondary N) is 3. The lowest BCUT2D eigenvalue weighted by Gasteiger charge is -2.16. The Labute approximate surface area is 240 Å². The summed E-state index contributed by atoms with van der Waals surface area (Å²) in [5.41, 5.74) is 9.15. The number of aliphatic hydroxyl groups is 3. The highest BCUT2D eigenvalue weighted by Gasteiger charge is 2.44. The molecule has 8 N–H and O–H groups in total. The highest BCUT2D eigenvalue weighted by atomic mass is 16.6. The van der Waals surface area contributed by atoms with Gasteiger partial charge in [-0.1, -0.05) is 24.3 Å². The molecule has 5 rings (SSSR count). The standard InChI is InChI=1S/C28H32N8O6/c29-9-10-30-21(38)11-16-1-5-18(6-2-16)34-22(39)12-17-3-7-19(8-4-17)35-26-23-27(32-14-31-26)36(15-33-23)28-25(41)24(40)20(13-37)42-28/h1-8,14-15,20,24-25,28,37,40-41H,9-13,29H2,(H,30,38)(H,34,39)(H,31,32,35)/t20-,24?,25?,28-/m1/s1. The number of carbonyl (C=O) groups is 2. The number of rotatable bonds is 11. The summed E-state index contributed by atoms with van der Waals surface area (Å²) in [5.74, 6) is 0.124. The summed E-state index contributed by atoms with van der Waals surface area (Å²) < 4.78 is 7.09. The lowest BCUT2D eigenvalue weighted by molar-refractivity contribution is -0.120. The van der Waals surface area contributed by atoms with E-state index >= 15 is 0 Å². The van der Waals surface area contributed by atoms with E-state index < -0.39 is 31.1 Å². The largest absolute Gasteiger partial charge is 0.394 e. The number of imidazole rings is 1. The first kappa shape index (κ1) is 29.0. The number of amides is 2. The van der Waals surface area contributed by atoms with E-state index in [1.807, 2.05) is 24.3 Å². The second-order valence-electron chi connectivity index (χ2n) is 9.83. The van der Waals surface area contributed by atoms with E-state index in [1.54, 1.807) is 24.3 Å². The molecule has 0 aliphatic carbocycles. The molecule has 0 spiro atoms. The van der Waals surface area contributed by atoms with E-state index in [4.69, 9.17) is 10.5 Å². The predicted octanol–water partition coefficient (Wildman–Crippen LogP) is -0.0200. The van der Waals surface area contributed by atoms with Crippen molar-refractivity contribution in [2.24, 2.45) is 5.73 Å². The average molecular weight is 577 g/mol. The molecule has 42 heavy (non-hydrogen) atoms. The molecule has 1 aliphatic rings. The molecule has 2 amide bonds. The fourth-order valence-corrected chi connectivity index (χ4v) is 4.64. The molecule has 14 nitrogen and oxygen atoms in total. The van der Waals surface area contributed by atoms with E-state index in [2.05, 4.69) is 30.9 Å². The molecule has 1 saturated heterocycles. The summed E-state index contributed by atoms with van der Waals surface area (Å²) in [5, 5.41) is 38.6. The van der Waals surface area contributed by atoms with Gasteiger partial charge in [0.1, 0.15) is 24.6 Å². The van der Waals surface area contributed by atoms with Gasteiger partial charge in [0.15, 0.2) is 23.2 Å². The van der Waals surface area contributed by atoms with Crippen LogP contribution in [0.15, 0.2) is 61.2 Å². The van der Waals surface area contributed by atoms with Crippen molar-refractivity contribution >= 4 is 40.2 Å².